The summed E-state index contributed by atoms with van der Waals surface area (Å²) in [6, 6.07) is 4.45. The molecule has 0 saturated heterocycles. The van der Waals surface area contributed by atoms with Crippen molar-refractivity contribution in [2.75, 3.05) is 6.54 Å². The fraction of sp³-hybridized carbons (Fsp3) is 0.462. The highest BCUT2D eigenvalue weighted by molar-refractivity contribution is 9.11. The van der Waals surface area contributed by atoms with Gasteiger partial charge >= 0.3 is 0 Å². The van der Waals surface area contributed by atoms with E-state index in [1.807, 2.05) is 10.9 Å². The lowest BCUT2D eigenvalue weighted by atomic mass is 10.1. The van der Waals surface area contributed by atoms with Gasteiger partial charge in [0.1, 0.15) is 0 Å². The topological polar surface area (TPSA) is 29.9 Å². The maximum absolute atomic E-state index is 4.42. The summed E-state index contributed by atoms with van der Waals surface area (Å²) >= 11 is 8.93. The zero-order chi connectivity index (χ0) is 13.8. The third kappa shape index (κ3) is 3.48. The number of thiophene rings is 1. The van der Waals surface area contributed by atoms with Crippen molar-refractivity contribution in [2.45, 2.75) is 32.9 Å². The SMILES string of the molecule is CCCNC(c1ccc(Br)s1)c1c(Br)cnn1CC. The van der Waals surface area contributed by atoms with Crippen molar-refractivity contribution < 1.29 is 0 Å². The van der Waals surface area contributed by atoms with E-state index in [1.165, 1.54) is 10.6 Å². The summed E-state index contributed by atoms with van der Waals surface area (Å²) < 4.78 is 4.27. The molecule has 1 atom stereocenters. The number of aromatic nitrogens is 2. The van der Waals surface area contributed by atoms with E-state index in [-0.39, 0.29) is 6.04 Å². The van der Waals surface area contributed by atoms with Crippen LogP contribution in [-0.4, -0.2) is 16.3 Å². The lowest BCUT2D eigenvalue weighted by Gasteiger charge is -2.19. The Morgan fingerprint density at radius 2 is 2.16 bits per heavy atom. The number of aryl methyl sites for hydroxylation is 1. The Morgan fingerprint density at radius 3 is 2.74 bits per heavy atom. The van der Waals surface area contributed by atoms with E-state index in [4.69, 9.17) is 0 Å². The van der Waals surface area contributed by atoms with Gasteiger partial charge in [-0.25, -0.2) is 0 Å². The summed E-state index contributed by atoms with van der Waals surface area (Å²) in [4.78, 5) is 1.30. The molecule has 0 aromatic carbocycles. The largest absolute Gasteiger partial charge is 0.304 e. The van der Waals surface area contributed by atoms with Gasteiger partial charge < -0.3 is 5.32 Å². The predicted molar refractivity (Wildman–Crippen MR) is 87.8 cm³/mol. The first-order valence-electron chi connectivity index (χ1n) is 6.37. The Hall–Kier alpha value is -0.170. The maximum atomic E-state index is 4.42. The summed E-state index contributed by atoms with van der Waals surface area (Å²) in [6.07, 6.45) is 2.99. The minimum absolute atomic E-state index is 0.188. The summed E-state index contributed by atoms with van der Waals surface area (Å²) in [5.74, 6) is 0. The molecule has 6 heteroatoms. The van der Waals surface area contributed by atoms with Crippen LogP contribution in [0.15, 0.2) is 26.6 Å². The van der Waals surface area contributed by atoms with Gasteiger partial charge in [0, 0.05) is 11.4 Å². The standard InChI is InChI=1S/C13H17Br2N3S/c1-3-7-16-12(10-5-6-11(15)19-10)13-9(14)8-17-18(13)4-2/h5-6,8,12,16H,3-4,7H2,1-2H3. The second-order valence-electron chi connectivity index (χ2n) is 4.22. The van der Waals surface area contributed by atoms with E-state index in [0.717, 1.165) is 27.8 Å². The van der Waals surface area contributed by atoms with Crippen molar-refractivity contribution >= 4 is 43.2 Å². The van der Waals surface area contributed by atoms with Crippen LogP contribution in [0.4, 0.5) is 0 Å². The maximum Gasteiger partial charge on any atom is 0.0853 e. The number of rotatable bonds is 6. The quantitative estimate of drug-likeness (QED) is 0.760. The Bertz CT molecular complexity index is 536. The van der Waals surface area contributed by atoms with E-state index in [1.54, 1.807) is 11.3 Å². The van der Waals surface area contributed by atoms with Gasteiger partial charge in [0.05, 0.1) is 26.2 Å². The molecule has 0 aliphatic rings. The molecular weight excluding hydrogens is 390 g/mol. The average Bonchev–Trinajstić information content (AvgIpc) is 2.98. The monoisotopic (exact) mass is 405 g/mol. The van der Waals surface area contributed by atoms with Crippen LogP contribution < -0.4 is 5.32 Å². The zero-order valence-corrected chi connectivity index (χ0v) is 15.0. The number of hydrogen-bond acceptors (Lipinski definition) is 3. The number of nitrogens with zero attached hydrogens (tertiary/aromatic N) is 2. The molecule has 0 spiro atoms. The number of halogens is 2. The summed E-state index contributed by atoms with van der Waals surface area (Å²) in [5, 5.41) is 8.03. The summed E-state index contributed by atoms with van der Waals surface area (Å²) in [5.41, 5.74) is 1.20. The lowest BCUT2D eigenvalue weighted by Crippen LogP contribution is -2.25. The normalized spacial score (nSPS) is 12.8. The van der Waals surface area contributed by atoms with Crippen molar-refractivity contribution in [3.63, 3.8) is 0 Å². The predicted octanol–water partition coefficient (Wildman–Crippen LogP) is 4.58. The molecule has 104 valence electrons. The van der Waals surface area contributed by atoms with Crippen LogP contribution in [0.2, 0.25) is 0 Å². The van der Waals surface area contributed by atoms with Crippen molar-refractivity contribution in [1.29, 1.82) is 0 Å². The molecule has 3 nitrogen and oxygen atoms in total. The molecule has 2 rings (SSSR count). The van der Waals surface area contributed by atoms with Crippen molar-refractivity contribution in [2.24, 2.45) is 0 Å². The highest BCUT2D eigenvalue weighted by Crippen LogP contribution is 2.34. The molecule has 1 unspecified atom stereocenters. The molecule has 2 heterocycles. The average molecular weight is 407 g/mol. The first-order chi connectivity index (χ1) is 9.17. The van der Waals surface area contributed by atoms with Gasteiger partial charge in [-0.15, -0.1) is 11.3 Å². The Morgan fingerprint density at radius 1 is 1.37 bits per heavy atom. The van der Waals surface area contributed by atoms with Gasteiger partial charge in [-0.05, 0) is 63.9 Å². The van der Waals surface area contributed by atoms with Crippen LogP contribution in [0.3, 0.4) is 0 Å². The number of nitrogens with one attached hydrogen (secondary N) is 1. The van der Waals surface area contributed by atoms with Gasteiger partial charge in [0.15, 0.2) is 0 Å². The van der Waals surface area contributed by atoms with E-state index in [2.05, 4.69) is 68.3 Å². The fourth-order valence-electron chi connectivity index (χ4n) is 2.02. The van der Waals surface area contributed by atoms with E-state index in [9.17, 15) is 0 Å². The molecule has 0 aliphatic carbocycles. The van der Waals surface area contributed by atoms with Crippen molar-refractivity contribution in [3.05, 3.63) is 37.2 Å². The van der Waals surface area contributed by atoms with Crippen molar-refractivity contribution in [3.8, 4) is 0 Å². The molecule has 0 bridgehead atoms. The Kier molecular flexibility index (Phi) is 5.62. The molecule has 2 aromatic rings. The molecule has 0 saturated carbocycles. The van der Waals surface area contributed by atoms with E-state index < -0.39 is 0 Å². The van der Waals surface area contributed by atoms with Crippen LogP contribution in [0, 0.1) is 0 Å². The smallest absolute Gasteiger partial charge is 0.0853 e. The van der Waals surface area contributed by atoms with Gasteiger partial charge in [0.25, 0.3) is 0 Å². The summed E-state index contributed by atoms with van der Waals surface area (Å²) in [6.45, 7) is 6.16. The Balaban J connectivity index is 2.39. The third-order valence-corrected chi connectivity index (χ3v) is 5.18. The zero-order valence-electron chi connectivity index (χ0n) is 11.0. The fourth-order valence-corrected chi connectivity index (χ4v) is 4.04. The van der Waals surface area contributed by atoms with Crippen molar-refractivity contribution in [1.82, 2.24) is 15.1 Å². The first kappa shape index (κ1) is 15.2. The lowest BCUT2D eigenvalue weighted by molar-refractivity contribution is 0.533. The van der Waals surface area contributed by atoms with Crippen LogP contribution in [0.5, 0.6) is 0 Å². The molecule has 0 amide bonds. The van der Waals surface area contributed by atoms with Crippen LogP contribution in [0.25, 0.3) is 0 Å². The summed E-state index contributed by atoms with van der Waals surface area (Å²) in [7, 11) is 0. The van der Waals surface area contributed by atoms with Gasteiger partial charge in [-0.1, -0.05) is 6.92 Å². The first-order valence-corrected chi connectivity index (χ1v) is 8.77. The molecule has 2 aromatic heterocycles. The Labute approximate surface area is 134 Å². The van der Waals surface area contributed by atoms with Crippen LogP contribution in [0.1, 0.15) is 36.9 Å². The molecule has 1 N–H and O–H groups in total. The number of hydrogen-bond donors (Lipinski definition) is 1. The van der Waals surface area contributed by atoms with Crippen LogP contribution in [-0.2, 0) is 6.54 Å². The highest BCUT2D eigenvalue weighted by atomic mass is 79.9. The highest BCUT2D eigenvalue weighted by Gasteiger charge is 2.22. The molecule has 0 fully saturated rings. The minimum Gasteiger partial charge on any atom is -0.304 e. The molecule has 0 aliphatic heterocycles. The second kappa shape index (κ2) is 7.02. The van der Waals surface area contributed by atoms with Gasteiger partial charge in [0.2, 0.25) is 0 Å². The molecule has 19 heavy (non-hydrogen) atoms. The molecular formula is C13H17Br2N3S. The second-order valence-corrected chi connectivity index (χ2v) is 7.57. The van der Waals surface area contributed by atoms with Gasteiger partial charge in [-0.2, -0.15) is 5.10 Å². The van der Waals surface area contributed by atoms with E-state index in [0.29, 0.717) is 0 Å². The third-order valence-electron chi connectivity index (χ3n) is 2.88. The molecule has 0 radical (unpaired) electrons. The minimum atomic E-state index is 0.188. The van der Waals surface area contributed by atoms with E-state index >= 15 is 0 Å². The van der Waals surface area contributed by atoms with Crippen LogP contribution >= 0.6 is 43.2 Å². The van der Waals surface area contributed by atoms with Gasteiger partial charge in [-0.3, -0.25) is 4.68 Å².